The van der Waals surface area contributed by atoms with Crippen LogP contribution in [0.3, 0.4) is 0 Å². The average molecular weight is 387 g/mol. The summed E-state index contributed by atoms with van der Waals surface area (Å²) < 4.78 is 1.13. The number of rotatable bonds is 3. The predicted octanol–water partition coefficient (Wildman–Crippen LogP) is 4.27. The Kier molecular flexibility index (Phi) is 5.04. The second kappa shape index (κ2) is 6.77. The van der Waals surface area contributed by atoms with Crippen molar-refractivity contribution in [3.8, 4) is 0 Å². The van der Waals surface area contributed by atoms with Gasteiger partial charge in [-0.25, -0.2) is 4.79 Å². The number of benzene rings is 2. The van der Waals surface area contributed by atoms with Crippen LogP contribution in [0.2, 0.25) is 5.02 Å². The van der Waals surface area contributed by atoms with Crippen LogP contribution in [0, 0.1) is 3.57 Å². The minimum atomic E-state index is -0.226. The Hall–Kier alpha value is -1.27. The molecule has 0 radical (unpaired) electrons. The lowest BCUT2D eigenvalue weighted by molar-refractivity contribution is 0.251. The third kappa shape index (κ3) is 4.72. The lowest BCUT2D eigenvalue weighted by Crippen LogP contribution is -2.28. The van der Waals surface area contributed by atoms with Crippen molar-refractivity contribution in [1.82, 2.24) is 5.32 Å². The summed E-state index contributed by atoms with van der Waals surface area (Å²) in [5.41, 5.74) is 1.77. The molecule has 5 heteroatoms. The summed E-state index contributed by atoms with van der Waals surface area (Å²) in [6, 6.07) is 14.8. The highest BCUT2D eigenvalue weighted by Crippen LogP contribution is 2.11. The standard InChI is InChI=1S/C14H12ClIN2O/c15-11-3-1-10(2-4-11)9-17-14(19)18-13-7-5-12(16)6-8-13/h1-8H,9H2,(H2,17,18,19). The molecule has 2 aromatic rings. The van der Waals surface area contributed by atoms with Gasteiger partial charge in [-0.3, -0.25) is 0 Å². The fraction of sp³-hybridized carbons (Fsp3) is 0.0714. The molecule has 2 N–H and O–H groups in total. The smallest absolute Gasteiger partial charge is 0.319 e. The summed E-state index contributed by atoms with van der Waals surface area (Å²) in [4.78, 5) is 11.7. The molecular weight excluding hydrogens is 375 g/mol. The summed E-state index contributed by atoms with van der Waals surface area (Å²) in [6.07, 6.45) is 0. The number of nitrogens with one attached hydrogen (secondary N) is 2. The molecular formula is C14H12ClIN2O. The SMILES string of the molecule is O=C(NCc1ccc(Cl)cc1)Nc1ccc(I)cc1. The van der Waals surface area contributed by atoms with E-state index < -0.39 is 0 Å². The minimum Gasteiger partial charge on any atom is -0.334 e. The van der Waals surface area contributed by atoms with E-state index in [0.717, 1.165) is 14.8 Å². The third-order valence-electron chi connectivity index (χ3n) is 2.47. The number of carbonyl (C=O) groups excluding carboxylic acids is 1. The second-order valence-electron chi connectivity index (χ2n) is 3.94. The normalized spacial score (nSPS) is 10.0. The van der Waals surface area contributed by atoms with Crippen LogP contribution < -0.4 is 10.6 Å². The zero-order valence-corrected chi connectivity index (χ0v) is 12.9. The van der Waals surface area contributed by atoms with Crippen LogP contribution in [-0.4, -0.2) is 6.03 Å². The molecule has 98 valence electrons. The molecule has 0 spiro atoms. The second-order valence-corrected chi connectivity index (χ2v) is 5.62. The van der Waals surface area contributed by atoms with E-state index in [1.165, 1.54) is 0 Å². The highest BCUT2D eigenvalue weighted by molar-refractivity contribution is 14.1. The van der Waals surface area contributed by atoms with E-state index in [1.54, 1.807) is 12.1 Å². The fourth-order valence-corrected chi connectivity index (χ4v) is 1.98. The summed E-state index contributed by atoms with van der Waals surface area (Å²) in [5.74, 6) is 0. The summed E-state index contributed by atoms with van der Waals surface area (Å²) in [6.45, 7) is 0.466. The van der Waals surface area contributed by atoms with Gasteiger partial charge in [-0.2, -0.15) is 0 Å². The van der Waals surface area contributed by atoms with Gasteiger partial charge in [0.2, 0.25) is 0 Å². The van der Waals surface area contributed by atoms with Gasteiger partial charge >= 0.3 is 6.03 Å². The van der Waals surface area contributed by atoms with Gasteiger partial charge < -0.3 is 10.6 Å². The van der Waals surface area contributed by atoms with E-state index in [9.17, 15) is 4.79 Å². The molecule has 0 bridgehead atoms. The quantitative estimate of drug-likeness (QED) is 0.760. The molecule has 19 heavy (non-hydrogen) atoms. The van der Waals surface area contributed by atoms with Gasteiger partial charge in [0.05, 0.1) is 0 Å². The number of amides is 2. The number of urea groups is 1. The van der Waals surface area contributed by atoms with Gasteiger partial charge in [0, 0.05) is 20.8 Å². The predicted molar refractivity (Wildman–Crippen MR) is 86.5 cm³/mol. The fourth-order valence-electron chi connectivity index (χ4n) is 1.49. The number of halogens is 2. The Balaban J connectivity index is 1.84. The summed E-state index contributed by atoms with van der Waals surface area (Å²) in [7, 11) is 0. The van der Waals surface area contributed by atoms with Crippen molar-refractivity contribution in [2.75, 3.05) is 5.32 Å². The van der Waals surface area contributed by atoms with Crippen LogP contribution in [0.1, 0.15) is 5.56 Å². The van der Waals surface area contributed by atoms with E-state index in [0.29, 0.717) is 11.6 Å². The van der Waals surface area contributed by atoms with Crippen molar-refractivity contribution in [2.24, 2.45) is 0 Å². The molecule has 3 nitrogen and oxygen atoms in total. The van der Waals surface area contributed by atoms with Crippen LogP contribution >= 0.6 is 34.2 Å². The van der Waals surface area contributed by atoms with Gasteiger partial charge in [-0.15, -0.1) is 0 Å². The maximum atomic E-state index is 11.7. The molecule has 0 aliphatic carbocycles. The molecule has 0 saturated carbocycles. The minimum absolute atomic E-state index is 0.226. The molecule has 2 amide bonds. The molecule has 0 aliphatic rings. The van der Waals surface area contributed by atoms with Crippen molar-refractivity contribution in [3.05, 3.63) is 62.7 Å². The van der Waals surface area contributed by atoms with E-state index >= 15 is 0 Å². The van der Waals surface area contributed by atoms with Crippen molar-refractivity contribution >= 4 is 45.9 Å². The van der Waals surface area contributed by atoms with Crippen LogP contribution in [-0.2, 0) is 6.54 Å². The number of hydrogen-bond donors (Lipinski definition) is 2. The van der Waals surface area contributed by atoms with Gasteiger partial charge in [-0.1, -0.05) is 23.7 Å². The maximum Gasteiger partial charge on any atom is 0.319 e. The maximum absolute atomic E-state index is 11.7. The van der Waals surface area contributed by atoms with Crippen molar-refractivity contribution in [1.29, 1.82) is 0 Å². The molecule has 0 atom stereocenters. The Morgan fingerprint density at radius 1 is 1.05 bits per heavy atom. The molecule has 0 aliphatic heterocycles. The molecule has 0 fully saturated rings. The lowest BCUT2D eigenvalue weighted by Gasteiger charge is -2.07. The van der Waals surface area contributed by atoms with Crippen molar-refractivity contribution in [3.63, 3.8) is 0 Å². The summed E-state index contributed by atoms with van der Waals surface area (Å²) >= 11 is 8.01. The van der Waals surface area contributed by atoms with Crippen molar-refractivity contribution in [2.45, 2.75) is 6.54 Å². The van der Waals surface area contributed by atoms with Crippen LogP contribution in [0.5, 0.6) is 0 Å². The zero-order valence-electron chi connectivity index (χ0n) is 9.99. The number of carbonyl (C=O) groups is 1. The first-order chi connectivity index (χ1) is 9.13. The molecule has 0 heterocycles. The highest BCUT2D eigenvalue weighted by Gasteiger charge is 2.01. The van der Waals surface area contributed by atoms with Crippen molar-refractivity contribution < 1.29 is 4.79 Å². The van der Waals surface area contributed by atoms with Crippen LogP contribution in [0.15, 0.2) is 48.5 Å². The lowest BCUT2D eigenvalue weighted by atomic mass is 10.2. The van der Waals surface area contributed by atoms with E-state index in [-0.39, 0.29) is 6.03 Å². The topological polar surface area (TPSA) is 41.1 Å². The molecule has 2 aromatic carbocycles. The molecule has 0 unspecified atom stereocenters. The first-order valence-corrected chi connectivity index (χ1v) is 7.14. The Bertz CT molecular complexity index is 555. The zero-order chi connectivity index (χ0) is 13.7. The Morgan fingerprint density at radius 3 is 2.32 bits per heavy atom. The van der Waals surface area contributed by atoms with Gasteiger partial charge in [0.15, 0.2) is 0 Å². The van der Waals surface area contributed by atoms with E-state index in [2.05, 4.69) is 33.2 Å². The third-order valence-corrected chi connectivity index (χ3v) is 3.44. The van der Waals surface area contributed by atoms with Crippen LogP contribution in [0.4, 0.5) is 10.5 Å². The number of anilines is 1. The first-order valence-electron chi connectivity index (χ1n) is 5.68. The monoisotopic (exact) mass is 386 g/mol. The van der Waals surface area contributed by atoms with Gasteiger partial charge in [0.1, 0.15) is 0 Å². The van der Waals surface area contributed by atoms with Gasteiger partial charge in [-0.05, 0) is 64.6 Å². The number of hydrogen-bond acceptors (Lipinski definition) is 1. The van der Waals surface area contributed by atoms with E-state index in [1.807, 2.05) is 36.4 Å². The molecule has 0 saturated heterocycles. The Labute approximate surface area is 130 Å². The van der Waals surface area contributed by atoms with Gasteiger partial charge in [0.25, 0.3) is 0 Å². The average Bonchev–Trinajstić information content (AvgIpc) is 2.41. The van der Waals surface area contributed by atoms with Crippen LogP contribution in [0.25, 0.3) is 0 Å². The first kappa shape index (κ1) is 14.1. The molecule has 0 aromatic heterocycles. The largest absolute Gasteiger partial charge is 0.334 e. The Morgan fingerprint density at radius 2 is 1.68 bits per heavy atom. The summed E-state index contributed by atoms with van der Waals surface area (Å²) in [5, 5.41) is 6.24. The van der Waals surface area contributed by atoms with E-state index in [4.69, 9.17) is 11.6 Å². The molecule has 2 rings (SSSR count). The highest BCUT2D eigenvalue weighted by atomic mass is 127.